The molecular weight excluding hydrogens is 272 g/mol. The van der Waals surface area contributed by atoms with E-state index in [1.54, 1.807) is 7.11 Å². The van der Waals surface area contributed by atoms with Crippen molar-refractivity contribution in [2.24, 2.45) is 0 Å². The minimum absolute atomic E-state index is 0.404. The van der Waals surface area contributed by atoms with Gasteiger partial charge in [-0.25, -0.2) is 9.97 Å². The molecule has 2 rings (SSSR count). The lowest BCUT2D eigenvalue weighted by atomic mass is 10.3. The zero-order valence-corrected chi connectivity index (χ0v) is 13.1. The average molecular weight is 292 g/mol. The number of hydrogen-bond acceptors (Lipinski definition) is 6. The molecular formula is C14H20N4OS. The van der Waals surface area contributed by atoms with Gasteiger partial charge < -0.3 is 15.4 Å². The lowest BCUT2D eigenvalue weighted by molar-refractivity contribution is 0.178. The van der Waals surface area contributed by atoms with Crippen LogP contribution in [-0.4, -0.2) is 24.1 Å². The fraction of sp³-hybridized carbons (Fsp3) is 0.429. The molecule has 0 spiro atoms. The highest BCUT2D eigenvalue weighted by Crippen LogP contribution is 2.21. The molecule has 6 heteroatoms. The van der Waals surface area contributed by atoms with Gasteiger partial charge in [0.05, 0.1) is 6.54 Å². The summed E-state index contributed by atoms with van der Waals surface area (Å²) in [5, 5.41) is 6.37. The Balaban J connectivity index is 2.09. The molecule has 0 saturated heterocycles. The van der Waals surface area contributed by atoms with E-state index in [-0.39, 0.29) is 0 Å². The van der Waals surface area contributed by atoms with E-state index in [2.05, 4.69) is 40.5 Å². The highest BCUT2D eigenvalue weighted by Gasteiger charge is 2.05. The van der Waals surface area contributed by atoms with Crippen LogP contribution in [0.4, 0.5) is 11.6 Å². The van der Waals surface area contributed by atoms with Gasteiger partial charge in [0.25, 0.3) is 0 Å². The Morgan fingerprint density at radius 3 is 2.55 bits per heavy atom. The van der Waals surface area contributed by atoms with Gasteiger partial charge in [0.1, 0.15) is 18.2 Å². The van der Waals surface area contributed by atoms with Crippen LogP contribution in [0.2, 0.25) is 0 Å². The highest BCUT2D eigenvalue weighted by molar-refractivity contribution is 7.12. The number of ether oxygens (including phenoxy) is 1. The van der Waals surface area contributed by atoms with E-state index >= 15 is 0 Å². The normalized spacial score (nSPS) is 10.6. The van der Waals surface area contributed by atoms with E-state index in [1.807, 2.05) is 24.5 Å². The van der Waals surface area contributed by atoms with E-state index in [1.165, 1.54) is 15.3 Å². The lowest BCUT2D eigenvalue weighted by Crippen LogP contribution is -2.06. The van der Waals surface area contributed by atoms with Crippen LogP contribution >= 0.6 is 11.3 Å². The van der Waals surface area contributed by atoms with Gasteiger partial charge in [-0.3, -0.25) is 0 Å². The van der Waals surface area contributed by atoms with Gasteiger partial charge in [-0.1, -0.05) is 0 Å². The third kappa shape index (κ3) is 3.68. The molecule has 2 N–H and O–H groups in total. The number of thiophene rings is 1. The Labute approximate surface area is 123 Å². The van der Waals surface area contributed by atoms with Crippen molar-refractivity contribution >= 4 is 23.0 Å². The molecule has 0 saturated carbocycles. The van der Waals surface area contributed by atoms with Crippen LogP contribution in [0.3, 0.4) is 0 Å². The Morgan fingerprint density at radius 1 is 1.20 bits per heavy atom. The van der Waals surface area contributed by atoms with Crippen molar-refractivity contribution in [1.82, 2.24) is 9.97 Å². The Hall–Kier alpha value is -1.66. The minimum atomic E-state index is 0.404. The number of rotatable bonds is 6. The summed E-state index contributed by atoms with van der Waals surface area (Å²) in [6, 6.07) is 4.11. The molecule has 5 nitrogen and oxygen atoms in total. The summed E-state index contributed by atoms with van der Waals surface area (Å²) < 4.78 is 5.09. The smallest absolute Gasteiger partial charge is 0.158 e. The summed E-state index contributed by atoms with van der Waals surface area (Å²) in [5.74, 6) is 2.26. The maximum absolute atomic E-state index is 5.09. The van der Waals surface area contributed by atoms with Crippen LogP contribution in [0.5, 0.6) is 0 Å². The van der Waals surface area contributed by atoms with Gasteiger partial charge in [0, 0.05) is 30.0 Å². The zero-order chi connectivity index (χ0) is 14.5. The van der Waals surface area contributed by atoms with Crippen molar-refractivity contribution in [1.29, 1.82) is 0 Å². The molecule has 2 aromatic rings. The van der Waals surface area contributed by atoms with Crippen LogP contribution in [0.15, 0.2) is 12.1 Å². The second-order valence-corrected chi connectivity index (χ2v) is 5.88. The Bertz CT molecular complexity index is 563. The monoisotopic (exact) mass is 292 g/mol. The molecule has 0 fully saturated rings. The molecule has 20 heavy (non-hydrogen) atoms. The standard InChI is InChI=1S/C14H20N4OS/c1-9-5-11(20-10(9)2)7-16-13-6-12(15-3)17-14(18-13)8-19-4/h5-6H,7-8H2,1-4H3,(H2,15,16,17,18). The SMILES string of the molecule is CNc1cc(NCc2cc(C)c(C)s2)nc(COC)n1. The Kier molecular flexibility index (Phi) is 4.92. The number of nitrogens with one attached hydrogen (secondary N) is 2. The van der Waals surface area contributed by atoms with E-state index in [9.17, 15) is 0 Å². The molecule has 2 aromatic heterocycles. The van der Waals surface area contributed by atoms with Crippen LogP contribution < -0.4 is 10.6 Å². The molecule has 0 atom stereocenters. The first-order chi connectivity index (χ1) is 9.62. The Morgan fingerprint density at radius 2 is 1.95 bits per heavy atom. The van der Waals surface area contributed by atoms with Crippen molar-refractivity contribution in [3.63, 3.8) is 0 Å². The second kappa shape index (κ2) is 6.67. The maximum Gasteiger partial charge on any atom is 0.158 e. The number of hydrogen-bond donors (Lipinski definition) is 2. The number of aryl methyl sites for hydroxylation is 2. The zero-order valence-electron chi connectivity index (χ0n) is 12.3. The van der Waals surface area contributed by atoms with E-state index in [4.69, 9.17) is 4.74 Å². The van der Waals surface area contributed by atoms with Crippen molar-refractivity contribution in [2.75, 3.05) is 24.8 Å². The van der Waals surface area contributed by atoms with Crippen molar-refractivity contribution < 1.29 is 4.74 Å². The first-order valence-electron chi connectivity index (χ1n) is 6.46. The molecule has 2 heterocycles. The quantitative estimate of drug-likeness (QED) is 0.857. The van der Waals surface area contributed by atoms with Gasteiger partial charge in [0.15, 0.2) is 5.82 Å². The molecule has 0 aliphatic carbocycles. The van der Waals surface area contributed by atoms with E-state index in [0.29, 0.717) is 12.4 Å². The topological polar surface area (TPSA) is 59.1 Å². The van der Waals surface area contributed by atoms with Crippen LogP contribution in [0.1, 0.15) is 21.1 Å². The molecule has 0 bridgehead atoms. The predicted octanol–water partition coefficient (Wildman–Crippen LogP) is 2.96. The molecule has 0 amide bonds. The summed E-state index contributed by atoms with van der Waals surface area (Å²) in [6.45, 7) is 5.45. The summed E-state index contributed by atoms with van der Waals surface area (Å²) in [5.41, 5.74) is 1.34. The third-order valence-corrected chi connectivity index (χ3v) is 4.12. The van der Waals surface area contributed by atoms with E-state index in [0.717, 1.165) is 18.2 Å². The van der Waals surface area contributed by atoms with Crippen molar-refractivity contribution in [2.45, 2.75) is 27.0 Å². The number of anilines is 2. The summed E-state index contributed by atoms with van der Waals surface area (Å²) in [6.07, 6.45) is 0. The number of nitrogens with zero attached hydrogens (tertiary/aromatic N) is 2. The molecule has 0 unspecified atom stereocenters. The highest BCUT2D eigenvalue weighted by atomic mass is 32.1. The van der Waals surface area contributed by atoms with Crippen LogP contribution in [0.25, 0.3) is 0 Å². The van der Waals surface area contributed by atoms with Gasteiger partial charge in [-0.05, 0) is 25.5 Å². The fourth-order valence-electron chi connectivity index (χ4n) is 1.82. The lowest BCUT2D eigenvalue weighted by Gasteiger charge is -2.08. The summed E-state index contributed by atoms with van der Waals surface area (Å²) >= 11 is 1.81. The minimum Gasteiger partial charge on any atom is -0.377 e. The second-order valence-electron chi connectivity index (χ2n) is 4.54. The fourth-order valence-corrected chi connectivity index (χ4v) is 2.82. The molecule has 0 aliphatic heterocycles. The van der Waals surface area contributed by atoms with Gasteiger partial charge in [-0.15, -0.1) is 11.3 Å². The predicted molar refractivity (Wildman–Crippen MR) is 83.4 cm³/mol. The molecule has 0 aromatic carbocycles. The van der Waals surface area contributed by atoms with Gasteiger partial charge in [0.2, 0.25) is 0 Å². The van der Waals surface area contributed by atoms with Gasteiger partial charge in [-0.2, -0.15) is 0 Å². The van der Waals surface area contributed by atoms with Crippen LogP contribution in [-0.2, 0) is 17.9 Å². The molecule has 108 valence electrons. The van der Waals surface area contributed by atoms with E-state index < -0.39 is 0 Å². The molecule has 0 radical (unpaired) electrons. The number of methoxy groups -OCH3 is 1. The van der Waals surface area contributed by atoms with Crippen molar-refractivity contribution in [3.05, 3.63) is 33.3 Å². The first kappa shape index (κ1) is 14.7. The first-order valence-corrected chi connectivity index (χ1v) is 7.28. The number of aromatic nitrogens is 2. The third-order valence-electron chi connectivity index (χ3n) is 2.96. The summed E-state index contributed by atoms with van der Waals surface area (Å²) in [7, 11) is 3.48. The maximum atomic E-state index is 5.09. The summed E-state index contributed by atoms with van der Waals surface area (Å²) in [4.78, 5) is 11.4. The average Bonchev–Trinajstić information content (AvgIpc) is 2.76. The van der Waals surface area contributed by atoms with Crippen LogP contribution in [0, 0.1) is 13.8 Å². The largest absolute Gasteiger partial charge is 0.377 e. The van der Waals surface area contributed by atoms with Crippen molar-refractivity contribution in [3.8, 4) is 0 Å². The van der Waals surface area contributed by atoms with Gasteiger partial charge >= 0.3 is 0 Å². The molecule has 0 aliphatic rings.